The predicted molar refractivity (Wildman–Crippen MR) is 121 cm³/mol. The number of carbonyl (C=O) groups is 4. The minimum Gasteiger partial charge on any atom is -0.350 e. The van der Waals surface area contributed by atoms with Gasteiger partial charge < -0.3 is 21.4 Å². The molecule has 0 aliphatic rings. The van der Waals surface area contributed by atoms with E-state index >= 15 is 0 Å². The largest absolute Gasteiger partial charge is 0.350 e. The van der Waals surface area contributed by atoms with Crippen LogP contribution in [0.25, 0.3) is 0 Å². The van der Waals surface area contributed by atoms with Crippen LogP contribution in [0.2, 0.25) is 0 Å². The summed E-state index contributed by atoms with van der Waals surface area (Å²) in [6.07, 6.45) is 0.650. The second-order valence-electron chi connectivity index (χ2n) is 7.46. The molecule has 2 aromatic rings. The topological polar surface area (TPSA) is 128 Å². The molecule has 0 aliphatic heterocycles. The van der Waals surface area contributed by atoms with Gasteiger partial charge in [0.05, 0.1) is 6.21 Å². The third-order valence-electron chi connectivity index (χ3n) is 4.80. The first-order chi connectivity index (χ1) is 15.3. The number of carbonyl (C=O) groups excluding carboxylic acids is 4. The molecule has 0 aliphatic carbocycles. The van der Waals surface area contributed by atoms with Crippen LogP contribution in [0.15, 0.2) is 54.6 Å². The molecular formula is C24H28N4O4. The molecule has 2 aromatic carbocycles. The molecule has 8 nitrogen and oxygen atoms in total. The number of hydrogen-bond acceptors (Lipinski definition) is 5. The molecule has 0 spiro atoms. The molecule has 0 aromatic heterocycles. The van der Waals surface area contributed by atoms with Crippen LogP contribution >= 0.6 is 0 Å². The first-order valence-electron chi connectivity index (χ1n) is 10.3. The Kier molecular flexibility index (Phi) is 9.28. The molecule has 0 saturated carbocycles. The Morgan fingerprint density at radius 2 is 1.59 bits per heavy atom. The lowest BCUT2D eigenvalue weighted by molar-refractivity contribution is -0.132. The smallest absolute Gasteiger partial charge is 0.247 e. The van der Waals surface area contributed by atoms with Gasteiger partial charge in [-0.25, -0.2) is 0 Å². The second-order valence-corrected chi connectivity index (χ2v) is 7.46. The maximum absolute atomic E-state index is 13.0. The quantitative estimate of drug-likeness (QED) is 0.402. The van der Waals surface area contributed by atoms with Crippen LogP contribution in [-0.2, 0) is 25.7 Å². The zero-order chi connectivity index (χ0) is 23.5. The van der Waals surface area contributed by atoms with Crippen LogP contribution in [0.3, 0.4) is 0 Å². The third-order valence-corrected chi connectivity index (χ3v) is 4.80. The summed E-state index contributed by atoms with van der Waals surface area (Å²) in [6, 6.07) is 14.3. The van der Waals surface area contributed by atoms with Gasteiger partial charge in [-0.15, -0.1) is 0 Å². The molecule has 0 radical (unpaired) electrons. The van der Waals surface area contributed by atoms with Crippen LogP contribution < -0.4 is 16.0 Å². The molecule has 0 saturated heterocycles. The van der Waals surface area contributed by atoms with Gasteiger partial charge in [-0.2, -0.15) is 0 Å². The summed E-state index contributed by atoms with van der Waals surface area (Å²) in [7, 11) is 0. The van der Waals surface area contributed by atoms with E-state index in [1.165, 1.54) is 6.92 Å². The Labute approximate surface area is 187 Å². The summed E-state index contributed by atoms with van der Waals surface area (Å²) >= 11 is 0. The van der Waals surface area contributed by atoms with E-state index in [-0.39, 0.29) is 19.4 Å². The maximum Gasteiger partial charge on any atom is 0.247 e. The lowest BCUT2D eigenvalue weighted by Gasteiger charge is -2.23. The molecule has 4 N–H and O–H groups in total. The third kappa shape index (κ3) is 7.79. The molecule has 2 atom stereocenters. The van der Waals surface area contributed by atoms with Crippen molar-refractivity contribution in [1.82, 2.24) is 16.0 Å². The SMILES string of the molecule is CC(=O)N[C@H](C(=O)N[C@@H](CCC(=O)C=N)C(=O)NCc1ccc(C)cc1)c1ccccc1. The van der Waals surface area contributed by atoms with E-state index in [1.54, 1.807) is 30.3 Å². The van der Waals surface area contributed by atoms with Crippen LogP contribution in [0.1, 0.15) is 42.5 Å². The van der Waals surface area contributed by atoms with Crippen LogP contribution in [-0.4, -0.2) is 35.8 Å². The number of Topliss-reactive ketones (excluding diaryl/α,β-unsaturated/α-hetero) is 1. The Morgan fingerprint density at radius 3 is 2.19 bits per heavy atom. The van der Waals surface area contributed by atoms with Crippen LogP contribution in [0.5, 0.6) is 0 Å². The summed E-state index contributed by atoms with van der Waals surface area (Å²) in [6.45, 7) is 3.53. The van der Waals surface area contributed by atoms with Gasteiger partial charge in [0, 0.05) is 19.9 Å². The highest BCUT2D eigenvalue weighted by molar-refractivity contribution is 6.26. The highest BCUT2D eigenvalue weighted by atomic mass is 16.2. The zero-order valence-corrected chi connectivity index (χ0v) is 18.2. The van der Waals surface area contributed by atoms with Gasteiger partial charge >= 0.3 is 0 Å². The van der Waals surface area contributed by atoms with Gasteiger partial charge in [0.25, 0.3) is 0 Å². The number of rotatable bonds is 11. The minimum absolute atomic E-state index is 0.0290. The van der Waals surface area contributed by atoms with E-state index in [9.17, 15) is 19.2 Å². The summed E-state index contributed by atoms with van der Waals surface area (Å²) in [5, 5.41) is 15.1. The minimum atomic E-state index is -1.00. The first-order valence-corrected chi connectivity index (χ1v) is 10.3. The van der Waals surface area contributed by atoms with Crippen molar-refractivity contribution < 1.29 is 19.2 Å². The van der Waals surface area contributed by atoms with E-state index in [4.69, 9.17) is 5.41 Å². The van der Waals surface area contributed by atoms with Gasteiger partial charge in [-0.1, -0.05) is 60.2 Å². The number of benzene rings is 2. The van der Waals surface area contributed by atoms with Crippen LogP contribution in [0.4, 0.5) is 0 Å². The van der Waals surface area contributed by atoms with Gasteiger partial charge in [0.2, 0.25) is 17.7 Å². The average Bonchev–Trinajstić information content (AvgIpc) is 2.79. The lowest BCUT2D eigenvalue weighted by atomic mass is 10.0. The number of ketones is 1. The average molecular weight is 437 g/mol. The lowest BCUT2D eigenvalue weighted by Crippen LogP contribution is -2.50. The molecule has 32 heavy (non-hydrogen) atoms. The molecule has 2 rings (SSSR count). The van der Waals surface area contributed by atoms with Gasteiger partial charge in [-0.05, 0) is 24.5 Å². The van der Waals surface area contributed by atoms with Crippen molar-refractivity contribution >= 4 is 29.7 Å². The predicted octanol–water partition coefficient (Wildman–Crippen LogP) is 1.97. The molecule has 0 unspecified atom stereocenters. The molecule has 0 bridgehead atoms. The Balaban J connectivity index is 2.14. The molecule has 0 fully saturated rings. The van der Waals surface area contributed by atoms with E-state index in [0.29, 0.717) is 11.8 Å². The van der Waals surface area contributed by atoms with Crippen molar-refractivity contribution in [1.29, 1.82) is 5.41 Å². The molecule has 0 heterocycles. The Morgan fingerprint density at radius 1 is 0.938 bits per heavy atom. The maximum atomic E-state index is 13.0. The number of amides is 3. The summed E-state index contributed by atoms with van der Waals surface area (Å²) < 4.78 is 0. The summed E-state index contributed by atoms with van der Waals surface area (Å²) in [5.74, 6) is -1.86. The van der Waals surface area contributed by atoms with Crippen LogP contribution in [0, 0.1) is 12.3 Å². The number of hydrogen-bond donors (Lipinski definition) is 4. The Hall–Kier alpha value is -3.81. The first kappa shape index (κ1) is 24.5. The van der Waals surface area contributed by atoms with E-state index in [1.807, 2.05) is 31.2 Å². The fourth-order valence-corrected chi connectivity index (χ4v) is 3.05. The summed E-state index contributed by atoms with van der Waals surface area (Å²) in [5.41, 5.74) is 2.56. The van der Waals surface area contributed by atoms with Crippen molar-refractivity contribution in [2.24, 2.45) is 0 Å². The van der Waals surface area contributed by atoms with Crippen molar-refractivity contribution in [2.45, 2.75) is 45.3 Å². The van der Waals surface area contributed by atoms with Crippen molar-refractivity contribution in [3.63, 3.8) is 0 Å². The highest BCUT2D eigenvalue weighted by Gasteiger charge is 2.27. The highest BCUT2D eigenvalue weighted by Crippen LogP contribution is 2.14. The molecule has 3 amide bonds. The van der Waals surface area contributed by atoms with Gasteiger partial charge in [0.1, 0.15) is 12.1 Å². The standard InChI is InChI=1S/C24H28N4O4/c1-16-8-10-18(11-9-16)15-26-23(31)21(13-12-20(30)14-25)28-24(32)22(27-17(2)29)19-6-4-3-5-7-19/h3-11,14,21-22,25H,12-13,15H2,1-2H3,(H,26,31)(H,27,29)(H,28,32)/t21-,22-/m0/s1. The van der Waals surface area contributed by atoms with Crippen molar-refractivity contribution in [3.05, 3.63) is 71.3 Å². The van der Waals surface area contributed by atoms with E-state index in [2.05, 4.69) is 16.0 Å². The molecule has 8 heteroatoms. The van der Waals surface area contributed by atoms with Crippen molar-refractivity contribution in [2.75, 3.05) is 0 Å². The van der Waals surface area contributed by atoms with Crippen molar-refractivity contribution in [3.8, 4) is 0 Å². The zero-order valence-electron chi connectivity index (χ0n) is 18.2. The number of aryl methyl sites for hydroxylation is 1. The van der Waals surface area contributed by atoms with E-state index < -0.39 is 35.6 Å². The monoisotopic (exact) mass is 436 g/mol. The normalized spacial score (nSPS) is 12.2. The molecule has 168 valence electrons. The van der Waals surface area contributed by atoms with Gasteiger partial charge in [-0.3, -0.25) is 19.2 Å². The molecular weight excluding hydrogens is 408 g/mol. The van der Waals surface area contributed by atoms with E-state index in [0.717, 1.165) is 11.1 Å². The fourth-order valence-electron chi connectivity index (χ4n) is 3.05. The Bertz CT molecular complexity index is 958. The summed E-state index contributed by atoms with van der Waals surface area (Å²) in [4.78, 5) is 49.0. The fraction of sp³-hybridized carbons (Fsp3) is 0.292. The van der Waals surface area contributed by atoms with Gasteiger partial charge in [0.15, 0.2) is 5.78 Å². The second kappa shape index (κ2) is 12.1. The number of nitrogens with one attached hydrogen (secondary N) is 4.